The van der Waals surface area contributed by atoms with Crippen LogP contribution < -0.4 is 10.9 Å². The fourth-order valence-electron chi connectivity index (χ4n) is 2.68. The third-order valence-electron chi connectivity index (χ3n) is 3.93. The van der Waals surface area contributed by atoms with Crippen molar-refractivity contribution in [3.63, 3.8) is 0 Å². The SMILES string of the molecule is O=C(NNC(=O)[C@@H]1CCS(=O)(=O)C1)c1ccccc1-n1cccc1. The summed E-state index contributed by atoms with van der Waals surface area (Å²) in [7, 11) is -3.14. The van der Waals surface area contributed by atoms with Crippen molar-refractivity contribution < 1.29 is 18.0 Å². The van der Waals surface area contributed by atoms with E-state index in [-0.39, 0.29) is 17.9 Å². The molecule has 0 aliphatic carbocycles. The quantitative estimate of drug-likeness (QED) is 0.798. The van der Waals surface area contributed by atoms with E-state index in [0.717, 1.165) is 0 Å². The van der Waals surface area contributed by atoms with Gasteiger partial charge in [-0.1, -0.05) is 12.1 Å². The highest BCUT2D eigenvalue weighted by molar-refractivity contribution is 7.91. The summed E-state index contributed by atoms with van der Waals surface area (Å²) in [6.07, 6.45) is 3.91. The summed E-state index contributed by atoms with van der Waals surface area (Å²) >= 11 is 0. The Morgan fingerprint density at radius 3 is 2.42 bits per heavy atom. The molecule has 8 heteroatoms. The van der Waals surface area contributed by atoms with Crippen LogP contribution in [0.4, 0.5) is 0 Å². The topological polar surface area (TPSA) is 97.3 Å². The molecule has 0 radical (unpaired) electrons. The predicted octanol–water partition coefficient (Wildman–Crippen LogP) is 0.673. The molecule has 1 aliphatic rings. The van der Waals surface area contributed by atoms with Crippen LogP contribution in [0.15, 0.2) is 48.8 Å². The van der Waals surface area contributed by atoms with Crippen molar-refractivity contribution in [1.29, 1.82) is 0 Å². The average molecular weight is 347 g/mol. The van der Waals surface area contributed by atoms with Crippen molar-refractivity contribution in [2.24, 2.45) is 5.92 Å². The molecule has 1 fully saturated rings. The predicted molar refractivity (Wildman–Crippen MR) is 88.1 cm³/mol. The minimum Gasteiger partial charge on any atom is -0.323 e. The van der Waals surface area contributed by atoms with Gasteiger partial charge in [0.1, 0.15) is 0 Å². The van der Waals surface area contributed by atoms with Crippen LogP contribution in [-0.2, 0) is 14.6 Å². The zero-order valence-electron chi connectivity index (χ0n) is 12.8. The third-order valence-corrected chi connectivity index (χ3v) is 5.70. The minimum absolute atomic E-state index is 0.00942. The Morgan fingerprint density at radius 2 is 1.75 bits per heavy atom. The van der Waals surface area contributed by atoms with E-state index in [9.17, 15) is 18.0 Å². The first-order valence-electron chi connectivity index (χ1n) is 7.49. The minimum atomic E-state index is -3.14. The molecule has 1 atom stereocenters. The average Bonchev–Trinajstić information content (AvgIpc) is 3.21. The Labute approximate surface area is 139 Å². The van der Waals surface area contributed by atoms with Gasteiger partial charge in [0, 0.05) is 12.4 Å². The van der Waals surface area contributed by atoms with Gasteiger partial charge in [-0.25, -0.2) is 8.42 Å². The summed E-state index contributed by atoms with van der Waals surface area (Å²) in [6, 6.07) is 10.7. The maximum atomic E-state index is 12.3. The molecule has 0 bridgehead atoms. The van der Waals surface area contributed by atoms with Gasteiger partial charge in [-0.3, -0.25) is 20.4 Å². The molecule has 2 aromatic rings. The van der Waals surface area contributed by atoms with Crippen LogP contribution in [-0.4, -0.2) is 36.3 Å². The Hall–Kier alpha value is -2.61. The van der Waals surface area contributed by atoms with Gasteiger partial charge < -0.3 is 4.57 Å². The van der Waals surface area contributed by atoms with Crippen LogP contribution in [0.25, 0.3) is 5.69 Å². The first-order chi connectivity index (χ1) is 11.5. The second-order valence-electron chi connectivity index (χ2n) is 5.65. The Balaban J connectivity index is 1.67. The normalized spacial score (nSPS) is 18.9. The zero-order valence-corrected chi connectivity index (χ0v) is 13.6. The number of amides is 2. The van der Waals surface area contributed by atoms with E-state index in [4.69, 9.17) is 0 Å². The van der Waals surface area contributed by atoms with Crippen molar-refractivity contribution in [2.45, 2.75) is 6.42 Å². The molecule has 24 heavy (non-hydrogen) atoms. The number of aromatic nitrogens is 1. The molecule has 2 N–H and O–H groups in total. The number of nitrogens with zero attached hydrogens (tertiary/aromatic N) is 1. The number of rotatable bonds is 3. The van der Waals surface area contributed by atoms with Gasteiger partial charge in [-0.15, -0.1) is 0 Å². The van der Waals surface area contributed by atoms with Crippen LogP contribution in [0.3, 0.4) is 0 Å². The van der Waals surface area contributed by atoms with Gasteiger partial charge in [0.2, 0.25) is 5.91 Å². The van der Waals surface area contributed by atoms with Crippen molar-refractivity contribution in [1.82, 2.24) is 15.4 Å². The molecule has 126 valence electrons. The molecule has 1 aliphatic heterocycles. The van der Waals surface area contributed by atoms with Gasteiger partial charge in [0.25, 0.3) is 5.91 Å². The number of benzene rings is 1. The molecule has 3 rings (SSSR count). The second kappa shape index (κ2) is 6.48. The lowest BCUT2D eigenvalue weighted by Crippen LogP contribution is -2.45. The van der Waals surface area contributed by atoms with Gasteiger partial charge in [0.05, 0.1) is 28.7 Å². The summed E-state index contributed by atoms with van der Waals surface area (Å²) < 4.78 is 24.6. The van der Waals surface area contributed by atoms with Crippen LogP contribution in [0.1, 0.15) is 16.8 Å². The zero-order chi connectivity index (χ0) is 17.2. The molecule has 0 unspecified atom stereocenters. The smallest absolute Gasteiger partial charge is 0.271 e. The van der Waals surface area contributed by atoms with E-state index in [1.165, 1.54) is 0 Å². The number of carbonyl (C=O) groups excluding carboxylic acids is 2. The fraction of sp³-hybridized carbons (Fsp3) is 0.250. The Morgan fingerprint density at radius 1 is 1.04 bits per heavy atom. The number of hydrogen-bond acceptors (Lipinski definition) is 4. The van der Waals surface area contributed by atoms with E-state index in [1.807, 2.05) is 30.6 Å². The molecular weight excluding hydrogens is 330 g/mol. The summed E-state index contributed by atoms with van der Waals surface area (Å²) in [5.41, 5.74) is 5.75. The van der Waals surface area contributed by atoms with Crippen molar-refractivity contribution in [3.8, 4) is 5.69 Å². The molecule has 0 spiro atoms. The highest BCUT2D eigenvalue weighted by atomic mass is 32.2. The van der Waals surface area contributed by atoms with Crippen LogP contribution in [0, 0.1) is 5.92 Å². The molecule has 7 nitrogen and oxygen atoms in total. The molecule has 2 heterocycles. The van der Waals surface area contributed by atoms with Crippen LogP contribution >= 0.6 is 0 Å². The number of nitrogens with one attached hydrogen (secondary N) is 2. The number of para-hydroxylation sites is 1. The highest BCUT2D eigenvalue weighted by Gasteiger charge is 2.33. The summed E-state index contributed by atoms with van der Waals surface area (Å²) in [4.78, 5) is 24.3. The van der Waals surface area contributed by atoms with Gasteiger partial charge in [-0.2, -0.15) is 0 Å². The molecule has 1 aromatic carbocycles. The Kier molecular flexibility index (Phi) is 4.39. The maximum absolute atomic E-state index is 12.3. The lowest BCUT2D eigenvalue weighted by atomic mass is 10.1. The maximum Gasteiger partial charge on any atom is 0.271 e. The second-order valence-corrected chi connectivity index (χ2v) is 7.88. The first-order valence-corrected chi connectivity index (χ1v) is 9.31. The van der Waals surface area contributed by atoms with E-state index >= 15 is 0 Å². The molecular formula is C16H17N3O4S. The lowest BCUT2D eigenvalue weighted by Gasteiger charge is -2.13. The fourth-order valence-corrected chi connectivity index (χ4v) is 4.42. The largest absolute Gasteiger partial charge is 0.323 e. The summed E-state index contributed by atoms with van der Waals surface area (Å²) in [6.45, 7) is 0. The molecule has 2 amide bonds. The first kappa shape index (κ1) is 16.3. The molecule has 0 saturated carbocycles. The molecule has 1 aromatic heterocycles. The Bertz CT molecular complexity index is 859. The van der Waals surface area contributed by atoms with Crippen LogP contribution in [0.2, 0.25) is 0 Å². The third kappa shape index (κ3) is 3.48. The van der Waals surface area contributed by atoms with E-state index in [2.05, 4.69) is 10.9 Å². The van der Waals surface area contributed by atoms with E-state index in [0.29, 0.717) is 11.3 Å². The number of hydrazine groups is 1. The van der Waals surface area contributed by atoms with Gasteiger partial charge >= 0.3 is 0 Å². The van der Waals surface area contributed by atoms with Gasteiger partial charge in [0.15, 0.2) is 9.84 Å². The summed E-state index contributed by atoms with van der Waals surface area (Å²) in [5, 5.41) is 0. The summed E-state index contributed by atoms with van der Waals surface area (Å²) in [5.74, 6) is -1.73. The number of carbonyl (C=O) groups is 2. The van der Waals surface area contributed by atoms with Crippen molar-refractivity contribution in [2.75, 3.05) is 11.5 Å². The molecule has 1 saturated heterocycles. The number of sulfone groups is 1. The van der Waals surface area contributed by atoms with E-state index < -0.39 is 27.6 Å². The van der Waals surface area contributed by atoms with Crippen LogP contribution in [0.5, 0.6) is 0 Å². The highest BCUT2D eigenvalue weighted by Crippen LogP contribution is 2.18. The number of hydrogen-bond donors (Lipinski definition) is 2. The monoisotopic (exact) mass is 347 g/mol. The van der Waals surface area contributed by atoms with Crippen molar-refractivity contribution >= 4 is 21.7 Å². The van der Waals surface area contributed by atoms with E-state index in [1.54, 1.807) is 22.8 Å². The lowest BCUT2D eigenvalue weighted by molar-refractivity contribution is -0.125. The van der Waals surface area contributed by atoms with Crippen molar-refractivity contribution in [3.05, 3.63) is 54.4 Å². The standard InChI is InChI=1S/C16H17N3O4S/c20-15(12-7-10-24(22,23)11-12)17-18-16(21)13-5-1-2-6-14(13)19-8-3-4-9-19/h1-6,8-9,12H,7,10-11H2,(H,17,20)(H,18,21)/t12-/m1/s1. The van der Waals surface area contributed by atoms with Gasteiger partial charge in [-0.05, 0) is 30.7 Å².